The third kappa shape index (κ3) is 5.06. The van der Waals surface area contributed by atoms with Crippen LogP contribution in [0.25, 0.3) is 16.9 Å². The van der Waals surface area contributed by atoms with Crippen LogP contribution in [0.15, 0.2) is 84.3 Å². The lowest BCUT2D eigenvalue weighted by Gasteiger charge is -2.19. The van der Waals surface area contributed by atoms with Gasteiger partial charge in [0.05, 0.1) is 5.69 Å². The number of amides is 1. The van der Waals surface area contributed by atoms with Crippen molar-refractivity contribution in [2.45, 2.75) is 45.4 Å². The third-order valence-electron chi connectivity index (χ3n) is 6.15. The van der Waals surface area contributed by atoms with Crippen LogP contribution in [-0.2, 0) is 5.41 Å². The second-order valence-corrected chi connectivity index (χ2v) is 9.87. The number of aliphatic imine (C=N–C) groups is 1. The largest absolute Gasteiger partial charge is 0.322 e. The van der Waals surface area contributed by atoms with Gasteiger partial charge in [0.2, 0.25) is 0 Å². The Labute approximate surface area is 205 Å². The van der Waals surface area contributed by atoms with Gasteiger partial charge in [-0.3, -0.25) is 4.79 Å². The van der Waals surface area contributed by atoms with Crippen LogP contribution in [0.1, 0.15) is 56.0 Å². The molecule has 6 nitrogen and oxygen atoms in total. The summed E-state index contributed by atoms with van der Waals surface area (Å²) in [6.45, 7) is 6.48. The summed E-state index contributed by atoms with van der Waals surface area (Å²) in [5, 5.41) is 3.02. The van der Waals surface area contributed by atoms with Gasteiger partial charge in [-0.15, -0.1) is 0 Å². The molecule has 0 bridgehead atoms. The fourth-order valence-corrected chi connectivity index (χ4v) is 4.14. The van der Waals surface area contributed by atoms with Crippen LogP contribution in [0.3, 0.4) is 0 Å². The van der Waals surface area contributed by atoms with Gasteiger partial charge >= 0.3 is 0 Å². The Balaban J connectivity index is 1.43. The van der Waals surface area contributed by atoms with Gasteiger partial charge in [0.15, 0.2) is 11.5 Å². The first kappa shape index (κ1) is 22.7. The van der Waals surface area contributed by atoms with Crippen molar-refractivity contribution in [1.29, 1.82) is 0 Å². The Bertz CT molecular complexity index is 1440. The van der Waals surface area contributed by atoms with Crippen molar-refractivity contribution in [1.82, 2.24) is 14.4 Å². The molecule has 1 aliphatic rings. The molecular formula is C29H29N5O. The lowest BCUT2D eigenvalue weighted by Crippen LogP contribution is -2.14. The summed E-state index contributed by atoms with van der Waals surface area (Å²) in [7, 11) is 0. The van der Waals surface area contributed by atoms with E-state index >= 15 is 0 Å². The number of anilines is 1. The minimum absolute atomic E-state index is 0.0452. The maximum absolute atomic E-state index is 12.9. The van der Waals surface area contributed by atoms with E-state index in [1.165, 1.54) is 5.56 Å². The maximum Gasteiger partial charge on any atom is 0.255 e. The van der Waals surface area contributed by atoms with Crippen LogP contribution in [0.4, 0.5) is 11.5 Å². The summed E-state index contributed by atoms with van der Waals surface area (Å²) in [6, 6.07) is 15.5. The third-order valence-corrected chi connectivity index (χ3v) is 6.15. The Kier molecular flexibility index (Phi) is 6.03. The fourth-order valence-electron chi connectivity index (χ4n) is 4.14. The average molecular weight is 464 g/mol. The van der Waals surface area contributed by atoms with Gasteiger partial charge < -0.3 is 9.72 Å². The number of aromatic nitrogens is 3. The van der Waals surface area contributed by atoms with Crippen molar-refractivity contribution >= 4 is 28.8 Å². The van der Waals surface area contributed by atoms with Crippen molar-refractivity contribution in [2.75, 3.05) is 5.32 Å². The molecule has 0 spiro atoms. The highest BCUT2D eigenvalue weighted by molar-refractivity contribution is 6.04. The molecule has 5 rings (SSSR count). The number of allylic oxidation sites excluding steroid dienone is 2. The minimum atomic E-state index is -0.142. The molecule has 1 N–H and O–H groups in total. The Morgan fingerprint density at radius 2 is 1.94 bits per heavy atom. The first-order valence-electron chi connectivity index (χ1n) is 12.0. The van der Waals surface area contributed by atoms with Crippen molar-refractivity contribution in [3.8, 4) is 11.3 Å². The molecule has 1 aliphatic carbocycles. The first-order chi connectivity index (χ1) is 16.9. The van der Waals surface area contributed by atoms with Gasteiger partial charge in [-0.2, -0.15) is 0 Å². The average Bonchev–Trinajstić information content (AvgIpc) is 3.34. The van der Waals surface area contributed by atoms with Crippen LogP contribution >= 0.6 is 0 Å². The molecule has 2 aromatic carbocycles. The highest BCUT2D eigenvalue weighted by Crippen LogP contribution is 2.27. The van der Waals surface area contributed by atoms with Gasteiger partial charge in [-0.1, -0.05) is 51.1 Å². The number of nitrogens with zero attached hydrogens (tertiary/aromatic N) is 4. The van der Waals surface area contributed by atoms with Crippen molar-refractivity contribution < 1.29 is 4.79 Å². The van der Waals surface area contributed by atoms with E-state index in [4.69, 9.17) is 9.98 Å². The summed E-state index contributed by atoms with van der Waals surface area (Å²) in [5.74, 6) is 0.458. The molecule has 1 amide bonds. The van der Waals surface area contributed by atoms with E-state index in [2.05, 4.69) is 43.2 Å². The van der Waals surface area contributed by atoms with Gasteiger partial charge in [-0.05, 0) is 60.6 Å². The van der Waals surface area contributed by atoms with E-state index in [0.717, 1.165) is 41.9 Å². The predicted molar refractivity (Wildman–Crippen MR) is 142 cm³/mol. The summed E-state index contributed by atoms with van der Waals surface area (Å²) < 4.78 is 1.94. The number of nitrogens with one attached hydrogen (secondary N) is 1. The fraction of sp³-hybridized carbons (Fsp3) is 0.241. The zero-order chi connectivity index (χ0) is 24.4. The summed E-state index contributed by atoms with van der Waals surface area (Å²) in [4.78, 5) is 27.0. The summed E-state index contributed by atoms with van der Waals surface area (Å²) in [5.41, 5.74) is 5.97. The molecule has 0 radical (unpaired) electrons. The van der Waals surface area contributed by atoms with Gasteiger partial charge in [-0.25, -0.2) is 15.0 Å². The molecule has 2 heterocycles. The van der Waals surface area contributed by atoms with Crippen LogP contribution < -0.4 is 5.32 Å². The van der Waals surface area contributed by atoms with E-state index in [0.29, 0.717) is 17.1 Å². The Morgan fingerprint density at radius 1 is 1.11 bits per heavy atom. The number of carbonyl (C=O) groups is 1. The number of hydrogen-bond donors (Lipinski definition) is 1. The van der Waals surface area contributed by atoms with E-state index in [1.807, 2.05) is 65.3 Å². The Hall–Kier alpha value is -4.06. The lowest BCUT2D eigenvalue weighted by molar-refractivity contribution is 0.102. The van der Waals surface area contributed by atoms with Crippen molar-refractivity contribution in [3.05, 3.63) is 90.4 Å². The number of carbonyl (C=O) groups excluding carboxylic acids is 1. The minimum Gasteiger partial charge on any atom is -0.322 e. The molecule has 0 atom stereocenters. The lowest BCUT2D eigenvalue weighted by atomic mass is 9.87. The van der Waals surface area contributed by atoms with Gasteiger partial charge in [0.25, 0.3) is 5.91 Å². The number of hydrogen-bond acceptors (Lipinski definition) is 4. The predicted octanol–water partition coefficient (Wildman–Crippen LogP) is 6.76. The molecule has 6 heteroatoms. The molecule has 176 valence electrons. The number of fused-ring (bicyclic) bond motifs is 1. The van der Waals surface area contributed by atoms with Gasteiger partial charge in [0.1, 0.15) is 0 Å². The SMILES string of the molecule is CC(C)(C)c1ccc(C(=O)Nc2cccc(-c3cn4ccnc4c(N=C4C=CCCC4)n3)c2)cc1. The van der Waals surface area contributed by atoms with Crippen LogP contribution in [-0.4, -0.2) is 26.0 Å². The normalized spacial score (nSPS) is 15.0. The second-order valence-electron chi connectivity index (χ2n) is 9.87. The smallest absolute Gasteiger partial charge is 0.255 e. The van der Waals surface area contributed by atoms with Gasteiger partial charge in [0, 0.05) is 41.1 Å². The zero-order valence-electron chi connectivity index (χ0n) is 20.3. The highest BCUT2D eigenvalue weighted by atomic mass is 16.1. The van der Waals surface area contributed by atoms with Crippen LogP contribution in [0.5, 0.6) is 0 Å². The maximum atomic E-state index is 12.9. The molecule has 2 aromatic heterocycles. The number of rotatable bonds is 4. The number of imidazole rings is 1. The van der Waals surface area contributed by atoms with E-state index in [-0.39, 0.29) is 11.3 Å². The van der Waals surface area contributed by atoms with E-state index in [1.54, 1.807) is 6.20 Å². The molecule has 35 heavy (non-hydrogen) atoms. The quantitative estimate of drug-likeness (QED) is 0.363. The molecule has 4 aromatic rings. The molecule has 0 saturated carbocycles. The topological polar surface area (TPSA) is 71.7 Å². The van der Waals surface area contributed by atoms with Crippen molar-refractivity contribution in [2.24, 2.45) is 4.99 Å². The molecule has 0 fully saturated rings. The van der Waals surface area contributed by atoms with E-state index in [9.17, 15) is 4.79 Å². The highest BCUT2D eigenvalue weighted by Gasteiger charge is 2.15. The number of benzene rings is 2. The van der Waals surface area contributed by atoms with Crippen molar-refractivity contribution in [3.63, 3.8) is 0 Å². The summed E-state index contributed by atoms with van der Waals surface area (Å²) >= 11 is 0. The monoisotopic (exact) mass is 463 g/mol. The van der Waals surface area contributed by atoms with Crippen LogP contribution in [0.2, 0.25) is 0 Å². The molecular weight excluding hydrogens is 434 g/mol. The van der Waals surface area contributed by atoms with Crippen LogP contribution in [0, 0.1) is 0 Å². The Morgan fingerprint density at radius 3 is 2.69 bits per heavy atom. The van der Waals surface area contributed by atoms with E-state index < -0.39 is 0 Å². The zero-order valence-corrected chi connectivity index (χ0v) is 20.3. The second kappa shape index (κ2) is 9.29. The molecule has 0 aliphatic heterocycles. The molecule has 0 unspecified atom stereocenters. The first-order valence-corrected chi connectivity index (χ1v) is 12.0. The standard InChI is InChI=1S/C29H29N5O/c1-29(2,3)22-14-12-20(13-15-22)28(35)32-24-11-7-8-21(18-24)25-19-34-17-16-30-27(34)26(33-25)31-23-9-5-4-6-10-23/h5,7-9,11-19H,4,6,10H2,1-3H3,(H,32,35). The summed E-state index contributed by atoms with van der Waals surface area (Å²) in [6.07, 6.45) is 12.9. The molecule has 0 saturated heterocycles.